The monoisotopic (exact) mass is 198 g/mol. The molecule has 0 saturated heterocycles. The van der Waals surface area contributed by atoms with Crippen LogP contribution < -0.4 is 5.32 Å². The zero-order chi connectivity index (χ0) is 10.8. The molecule has 0 aromatic carbocycles. The molecule has 0 aliphatic rings. The molecule has 78 valence electrons. The van der Waals surface area contributed by atoms with Crippen LogP contribution in [0.2, 0.25) is 0 Å². The number of aliphatic hydroxyl groups is 1. The fourth-order valence-corrected chi connectivity index (χ4v) is 0.843. The average Bonchev–Trinajstić information content (AvgIpc) is 2.45. The number of carbonyl (C=O) groups excluding carboxylic acids is 1. The molecule has 0 aliphatic heterocycles. The van der Waals surface area contributed by atoms with Crippen LogP contribution in [-0.4, -0.2) is 31.4 Å². The molecule has 1 rings (SSSR count). The minimum atomic E-state index is -1.36. The molecule has 1 aromatic heterocycles. The van der Waals surface area contributed by atoms with Gasteiger partial charge >= 0.3 is 0 Å². The third-order valence-corrected chi connectivity index (χ3v) is 1.77. The van der Waals surface area contributed by atoms with Crippen molar-refractivity contribution in [1.29, 1.82) is 0 Å². The van der Waals surface area contributed by atoms with Gasteiger partial charge in [-0.1, -0.05) is 0 Å². The minimum absolute atomic E-state index is 0.263. The summed E-state index contributed by atoms with van der Waals surface area (Å²) in [5, 5.41) is 19.3. The molecule has 1 heterocycles. The van der Waals surface area contributed by atoms with Crippen LogP contribution in [0, 0.1) is 0 Å². The highest BCUT2D eigenvalue weighted by molar-refractivity contribution is 5.83. The molecule has 0 saturated carbocycles. The van der Waals surface area contributed by atoms with Crippen LogP contribution in [0.25, 0.3) is 0 Å². The van der Waals surface area contributed by atoms with Gasteiger partial charge in [-0.2, -0.15) is 0 Å². The molecule has 0 spiro atoms. The number of carbonyl (C=O) groups is 1. The van der Waals surface area contributed by atoms with Gasteiger partial charge in [0.05, 0.1) is 6.54 Å². The van der Waals surface area contributed by atoms with E-state index in [1.165, 1.54) is 13.8 Å². The molecular weight excluding hydrogens is 184 g/mol. The van der Waals surface area contributed by atoms with E-state index in [2.05, 4.69) is 15.5 Å². The molecule has 0 aliphatic carbocycles. The second kappa shape index (κ2) is 3.75. The van der Waals surface area contributed by atoms with E-state index in [9.17, 15) is 9.90 Å². The van der Waals surface area contributed by atoms with Gasteiger partial charge < -0.3 is 15.0 Å². The van der Waals surface area contributed by atoms with Crippen LogP contribution in [0.5, 0.6) is 0 Å². The Hall–Kier alpha value is -1.43. The molecule has 0 radical (unpaired) electrons. The smallest absolute Gasteiger partial charge is 0.251 e. The van der Waals surface area contributed by atoms with E-state index in [0.717, 1.165) is 0 Å². The first-order chi connectivity index (χ1) is 6.41. The summed E-state index contributed by atoms with van der Waals surface area (Å²) < 4.78 is 1.70. The lowest BCUT2D eigenvalue weighted by molar-refractivity contribution is -0.136. The predicted octanol–water partition coefficient (Wildman–Crippen LogP) is -0.798. The number of rotatable bonds is 3. The van der Waals surface area contributed by atoms with Crippen molar-refractivity contribution < 1.29 is 9.90 Å². The lowest BCUT2D eigenvalue weighted by atomic mass is 10.1. The Labute approximate surface area is 82.0 Å². The van der Waals surface area contributed by atoms with Gasteiger partial charge in [0.15, 0.2) is 5.82 Å². The fraction of sp³-hybridized carbons (Fsp3) is 0.625. The highest BCUT2D eigenvalue weighted by Crippen LogP contribution is 2.00. The number of hydrogen-bond acceptors (Lipinski definition) is 4. The van der Waals surface area contributed by atoms with Crippen molar-refractivity contribution in [3.05, 3.63) is 12.2 Å². The third-order valence-electron chi connectivity index (χ3n) is 1.77. The SMILES string of the molecule is Cn1cnnc1CNC(=O)C(C)(C)O. The molecule has 1 aromatic rings. The van der Waals surface area contributed by atoms with Gasteiger partial charge in [0.2, 0.25) is 0 Å². The minimum Gasteiger partial charge on any atom is -0.381 e. The molecule has 0 fully saturated rings. The first-order valence-electron chi connectivity index (χ1n) is 4.25. The van der Waals surface area contributed by atoms with Crippen LogP contribution in [-0.2, 0) is 18.4 Å². The summed E-state index contributed by atoms with van der Waals surface area (Å²) in [6, 6.07) is 0. The fourth-order valence-electron chi connectivity index (χ4n) is 0.843. The van der Waals surface area contributed by atoms with Gasteiger partial charge in [0.1, 0.15) is 11.9 Å². The Balaban J connectivity index is 2.50. The van der Waals surface area contributed by atoms with E-state index < -0.39 is 11.5 Å². The first kappa shape index (κ1) is 10.6. The third kappa shape index (κ3) is 2.53. The highest BCUT2D eigenvalue weighted by Gasteiger charge is 2.23. The van der Waals surface area contributed by atoms with E-state index >= 15 is 0 Å². The number of nitrogens with one attached hydrogen (secondary N) is 1. The summed E-state index contributed by atoms with van der Waals surface area (Å²) in [6.45, 7) is 3.12. The van der Waals surface area contributed by atoms with E-state index in [0.29, 0.717) is 5.82 Å². The maximum Gasteiger partial charge on any atom is 0.251 e. The van der Waals surface area contributed by atoms with Gasteiger partial charge in [-0.15, -0.1) is 10.2 Å². The van der Waals surface area contributed by atoms with Crippen LogP contribution in [0.15, 0.2) is 6.33 Å². The Bertz CT molecular complexity index is 326. The topological polar surface area (TPSA) is 80.0 Å². The normalized spacial score (nSPS) is 11.4. The van der Waals surface area contributed by atoms with E-state index in [1.54, 1.807) is 17.9 Å². The second-order valence-corrected chi connectivity index (χ2v) is 3.60. The number of aryl methyl sites for hydroxylation is 1. The first-order valence-corrected chi connectivity index (χ1v) is 4.25. The standard InChI is InChI=1S/C8H14N4O2/c1-8(2,14)7(13)9-4-6-11-10-5-12(6)3/h5,14H,4H2,1-3H3,(H,9,13). The quantitative estimate of drug-likeness (QED) is 0.666. The summed E-state index contributed by atoms with van der Waals surface area (Å²) in [5.74, 6) is 0.211. The maximum absolute atomic E-state index is 11.3. The average molecular weight is 198 g/mol. The largest absolute Gasteiger partial charge is 0.381 e. The Morgan fingerprint density at radius 3 is 2.79 bits per heavy atom. The van der Waals surface area contributed by atoms with Crippen LogP contribution in [0.3, 0.4) is 0 Å². The van der Waals surface area contributed by atoms with Crippen molar-refractivity contribution in [3.8, 4) is 0 Å². The molecular formula is C8H14N4O2. The maximum atomic E-state index is 11.3. The van der Waals surface area contributed by atoms with Crippen molar-refractivity contribution in [1.82, 2.24) is 20.1 Å². The zero-order valence-electron chi connectivity index (χ0n) is 8.48. The van der Waals surface area contributed by atoms with Crippen molar-refractivity contribution in [2.45, 2.75) is 26.0 Å². The Kier molecular flexibility index (Phi) is 2.85. The van der Waals surface area contributed by atoms with Crippen molar-refractivity contribution >= 4 is 5.91 Å². The molecule has 0 atom stereocenters. The zero-order valence-corrected chi connectivity index (χ0v) is 8.48. The van der Waals surface area contributed by atoms with Crippen LogP contribution >= 0.6 is 0 Å². The van der Waals surface area contributed by atoms with Gasteiger partial charge in [-0.05, 0) is 13.8 Å². The number of nitrogens with zero attached hydrogens (tertiary/aromatic N) is 3. The molecule has 0 bridgehead atoms. The number of aromatic nitrogens is 3. The molecule has 2 N–H and O–H groups in total. The Morgan fingerprint density at radius 1 is 1.71 bits per heavy atom. The molecule has 0 unspecified atom stereocenters. The number of amides is 1. The molecule has 14 heavy (non-hydrogen) atoms. The second-order valence-electron chi connectivity index (χ2n) is 3.60. The summed E-state index contributed by atoms with van der Waals surface area (Å²) in [5.41, 5.74) is -1.36. The van der Waals surface area contributed by atoms with Gasteiger partial charge in [-0.25, -0.2) is 0 Å². The summed E-state index contributed by atoms with van der Waals surface area (Å²) in [6.07, 6.45) is 1.55. The summed E-state index contributed by atoms with van der Waals surface area (Å²) in [4.78, 5) is 11.3. The highest BCUT2D eigenvalue weighted by atomic mass is 16.3. The van der Waals surface area contributed by atoms with E-state index in [-0.39, 0.29) is 6.54 Å². The van der Waals surface area contributed by atoms with Crippen molar-refractivity contribution in [2.75, 3.05) is 0 Å². The molecule has 6 heteroatoms. The summed E-state index contributed by atoms with van der Waals surface area (Å²) in [7, 11) is 1.78. The summed E-state index contributed by atoms with van der Waals surface area (Å²) >= 11 is 0. The van der Waals surface area contributed by atoms with Crippen molar-refractivity contribution in [3.63, 3.8) is 0 Å². The predicted molar refractivity (Wildman–Crippen MR) is 49.1 cm³/mol. The van der Waals surface area contributed by atoms with E-state index in [4.69, 9.17) is 0 Å². The van der Waals surface area contributed by atoms with Gasteiger partial charge in [-0.3, -0.25) is 4.79 Å². The van der Waals surface area contributed by atoms with Gasteiger partial charge in [0.25, 0.3) is 5.91 Å². The molecule has 1 amide bonds. The van der Waals surface area contributed by atoms with Crippen LogP contribution in [0.1, 0.15) is 19.7 Å². The molecule has 6 nitrogen and oxygen atoms in total. The number of hydrogen-bond donors (Lipinski definition) is 2. The lowest BCUT2D eigenvalue weighted by Crippen LogP contribution is -2.41. The van der Waals surface area contributed by atoms with Gasteiger partial charge in [0, 0.05) is 7.05 Å². The van der Waals surface area contributed by atoms with E-state index in [1.807, 2.05) is 0 Å². The lowest BCUT2D eigenvalue weighted by Gasteiger charge is -2.15. The Morgan fingerprint density at radius 2 is 2.36 bits per heavy atom. The van der Waals surface area contributed by atoms with Crippen molar-refractivity contribution in [2.24, 2.45) is 7.05 Å². The van der Waals surface area contributed by atoms with Crippen LogP contribution in [0.4, 0.5) is 0 Å².